The number of hydrogen-bond acceptors (Lipinski definition) is 7. The molecule has 3 heterocycles. The van der Waals surface area contributed by atoms with Gasteiger partial charge in [-0.3, -0.25) is 9.69 Å². The normalized spacial score (nSPS) is 18.9. The lowest BCUT2D eigenvalue weighted by Crippen LogP contribution is -2.50. The first-order valence-corrected chi connectivity index (χ1v) is 11.5. The van der Waals surface area contributed by atoms with Gasteiger partial charge < -0.3 is 13.9 Å². The fourth-order valence-corrected chi connectivity index (χ4v) is 4.91. The van der Waals surface area contributed by atoms with Crippen LogP contribution in [0.1, 0.15) is 43.2 Å². The Morgan fingerprint density at radius 1 is 1.29 bits per heavy atom. The van der Waals surface area contributed by atoms with Gasteiger partial charge in [0.15, 0.2) is 0 Å². The molecule has 4 rings (SSSR count). The maximum absolute atomic E-state index is 12.4. The molecule has 0 N–H and O–H groups in total. The monoisotopic (exact) mass is 440 g/mol. The number of thiophene rings is 1. The number of methoxy groups -OCH3 is 1. The molecule has 6 nitrogen and oxygen atoms in total. The van der Waals surface area contributed by atoms with E-state index >= 15 is 0 Å². The van der Waals surface area contributed by atoms with Gasteiger partial charge in [-0.15, -0.1) is 11.3 Å². The molecule has 31 heavy (non-hydrogen) atoms. The van der Waals surface area contributed by atoms with Crippen LogP contribution in [0.15, 0.2) is 46.2 Å². The van der Waals surface area contributed by atoms with Crippen LogP contribution in [0.4, 0.5) is 0 Å². The average Bonchev–Trinajstić information content (AvgIpc) is 3.53. The summed E-state index contributed by atoms with van der Waals surface area (Å²) in [5.74, 6) is 2.06. The molecule has 164 valence electrons. The lowest BCUT2D eigenvalue weighted by Gasteiger charge is -2.35. The number of hydrogen-bond donors (Lipinski definition) is 0. The maximum Gasteiger partial charge on any atom is 0.326 e. The number of oxazole rings is 1. The highest BCUT2D eigenvalue weighted by Crippen LogP contribution is 2.35. The Hall–Kier alpha value is -2.64. The molecular formula is C24H28N2O4S. The largest absolute Gasteiger partial charge is 0.487 e. The van der Waals surface area contributed by atoms with E-state index in [1.165, 1.54) is 7.11 Å². The van der Waals surface area contributed by atoms with Gasteiger partial charge in [-0.1, -0.05) is 25.1 Å². The fraction of sp³-hybridized carbons (Fsp3) is 0.417. The summed E-state index contributed by atoms with van der Waals surface area (Å²) in [6.07, 6.45) is 2.61. The van der Waals surface area contributed by atoms with Crippen LogP contribution in [0.25, 0.3) is 10.8 Å². The summed E-state index contributed by atoms with van der Waals surface area (Å²) in [6.45, 7) is 5.94. The van der Waals surface area contributed by atoms with Gasteiger partial charge in [0.25, 0.3) is 0 Å². The molecular weight excluding hydrogens is 412 g/mol. The molecule has 1 aliphatic rings. The third-order valence-electron chi connectivity index (χ3n) is 6.07. The predicted octanol–water partition coefficient (Wildman–Crippen LogP) is 5.21. The molecule has 0 amide bonds. The van der Waals surface area contributed by atoms with Gasteiger partial charge in [-0.25, -0.2) is 4.98 Å². The van der Waals surface area contributed by atoms with E-state index in [4.69, 9.17) is 13.9 Å². The van der Waals surface area contributed by atoms with E-state index in [0.717, 1.165) is 60.0 Å². The predicted molar refractivity (Wildman–Crippen MR) is 120 cm³/mol. The molecule has 7 heteroatoms. The Bertz CT molecular complexity index is 1010. The molecule has 0 bridgehead atoms. The van der Waals surface area contributed by atoms with Crippen LogP contribution in [0.2, 0.25) is 0 Å². The second-order valence-electron chi connectivity index (χ2n) is 7.83. The maximum atomic E-state index is 12.4. The smallest absolute Gasteiger partial charge is 0.326 e. The van der Waals surface area contributed by atoms with Gasteiger partial charge >= 0.3 is 5.97 Å². The number of rotatable bonds is 8. The third kappa shape index (κ3) is 4.38. The summed E-state index contributed by atoms with van der Waals surface area (Å²) in [6, 6.07) is 12.0. The Kier molecular flexibility index (Phi) is 6.43. The summed E-state index contributed by atoms with van der Waals surface area (Å²) in [7, 11) is 1.47. The van der Waals surface area contributed by atoms with Crippen molar-refractivity contribution in [1.29, 1.82) is 0 Å². The Balaban J connectivity index is 1.38. The quantitative estimate of drug-likeness (QED) is 0.448. The molecule has 0 saturated carbocycles. The first-order valence-electron chi connectivity index (χ1n) is 10.6. The van der Waals surface area contributed by atoms with Gasteiger partial charge in [-0.2, -0.15) is 0 Å². The number of nitrogens with zero attached hydrogens (tertiary/aromatic N) is 2. The van der Waals surface area contributed by atoms with Crippen LogP contribution < -0.4 is 4.74 Å². The van der Waals surface area contributed by atoms with E-state index in [-0.39, 0.29) is 5.97 Å². The number of aromatic nitrogens is 1. The van der Waals surface area contributed by atoms with E-state index in [0.29, 0.717) is 12.5 Å². The van der Waals surface area contributed by atoms with Crippen molar-refractivity contribution < 1.29 is 18.7 Å². The van der Waals surface area contributed by atoms with Crippen molar-refractivity contribution >= 4 is 17.3 Å². The van der Waals surface area contributed by atoms with E-state index in [9.17, 15) is 4.79 Å². The molecule has 1 fully saturated rings. The number of aryl methyl sites for hydroxylation is 1. The topological polar surface area (TPSA) is 64.8 Å². The van der Waals surface area contributed by atoms with Gasteiger partial charge in [-0.05, 0) is 61.9 Å². The first kappa shape index (κ1) is 21.6. The summed E-state index contributed by atoms with van der Waals surface area (Å²) in [5.41, 5.74) is 1.44. The number of benzene rings is 1. The van der Waals surface area contributed by atoms with Crippen LogP contribution in [-0.2, 0) is 22.7 Å². The molecule has 3 aromatic rings. The number of ether oxygens (including phenoxy) is 2. The second-order valence-corrected chi connectivity index (χ2v) is 8.78. The summed E-state index contributed by atoms with van der Waals surface area (Å²) >= 11 is 1.60. The average molecular weight is 441 g/mol. The van der Waals surface area contributed by atoms with Crippen molar-refractivity contribution in [3.05, 3.63) is 58.8 Å². The molecule has 1 unspecified atom stereocenters. The van der Waals surface area contributed by atoms with E-state index in [1.54, 1.807) is 11.3 Å². The van der Waals surface area contributed by atoms with Gasteiger partial charge in [0.1, 0.15) is 29.3 Å². The highest BCUT2D eigenvalue weighted by Gasteiger charge is 2.46. The van der Waals surface area contributed by atoms with E-state index < -0.39 is 5.54 Å². The molecule has 1 saturated heterocycles. The standard InChI is InChI=1S/C24H28N2O4S/c1-4-24(23(27)28-3)12-6-13-26(24)15-18-8-10-19(11-9-18)29-16-20-17(2)30-22(25-20)21-7-5-14-31-21/h5,7-11,14H,4,6,12-13,15-16H2,1-3H3. The zero-order valence-electron chi connectivity index (χ0n) is 18.2. The lowest BCUT2D eigenvalue weighted by atomic mass is 9.92. The minimum absolute atomic E-state index is 0.127. The number of carbonyl (C=O) groups is 1. The highest BCUT2D eigenvalue weighted by atomic mass is 32.1. The van der Waals surface area contributed by atoms with Crippen LogP contribution in [-0.4, -0.2) is 35.0 Å². The van der Waals surface area contributed by atoms with Crippen molar-refractivity contribution in [2.24, 2.45) is 0 Å². The molecule has 0 radical (unpaired) electrons. The minimum atomic E-state index is -0.505. The minimum Gasteiger partial charge on any atom is -0.487 e. The van der Waals surface area contributed by atoms with Crippen LogP contribution >= 0.6 is 11.3 Å². The molecule has 0 aliphatic carbocycles. The highest BCUT2D eigenvalue weighted by molar-refractivity contribution is 7.13. The lowest BCUT2D eigenvalue weighted by molar-refractivity contribution is -0.154. The molecule has 1 aliphatic heterocycles. The van der Waals surface area contributed by atoms with Crippen molar-refractivity contribution in [1.82, 2.24) is 9.88 Å². The molecule has 1 atom stereocenters. The van der Waals surface area contributed by atoms with Gasteiger partial charge in [0.05, 0.1) is 12.0 Å². The van der Waals surface area contributed by atoms with Crippen LogP contribution in [0, 0.1) is 6.92 Å². The number of carbonyl (C=O) groups excluding carboxylic acids is 1. The Labute approximate surface area is 186 Å². The zero-order valence-corrected chi connectivity index (χ0v) is 19.0. The van der Waals surface area contributed by atoms with Crippen molar-refractivity contribution in [2.45, 2.75) is 51.8 Å². The Morgan fingerprint density at radius 3 is 2.77 bits per heavy atom. The summed E-state index contributed by atoms with van der Waals surface area (Å²) in [4.78, 5) is 20.3. The van der Waals surface area contributed by atoms with Gasteiger partial charge in [0.2, 0.25) is 5.89 Å². The summed E-state index contributed by atoms with van der Waals surface area (Å²) in [5, 5.41) is 2.00. The van der Waals surface area contributed by atoms with Crippen molar-refractivity contribution in [3.63, 3.8) is 0 Å². The van der Waals surface area contributed by atoms with Crippen molar-refractivity contribution in [2.75, 3.05) is 13.7 Å². The summed E-state index contributed by atoms with van der Waals surface area (Å²) < 4.78 is 16.8. The van der Waals surface area contributed by atoms with Crippen LogP contribution in [0.3, 0.4) is 0 Å². The second kappa shape index (κ2) is 9.24. The van der Waals surface area contributed by atoms with Gasteiger partial charge in [0, 0.05) is 6.54 Å². The SMILES string of the molecule is CCC1(C(=O)OC)CCCN1Cc1ccc(OCc2nc(-c3cccs3)oc2C)cc1. The molecule has 0 spiro atoms. The van der Waals surface area contributed by atoms with E-state index in [2.05, 4.69) is 28.9 Å². The van der Waals surface area contributed by atoms with E-state index in [1.807, 2.05) is 36.6 Å². The zero-order chi connectivity index (χ0) is 21.8. The Morgan fingerprint density at radius 2 is 2.10 bits per heavy atom. The van der Waals surface area contributed by atoms with Crippen LogP contribution in [0.5, 0.6) is 5.75 Å². The third-order valence-corrected chi connectivity index (χ3v) is 6.93. The molecule has 2 aromatic heterocycles. The van der Waals surface area contributed by atoms with Crippen molar-refractivity contribution in [3.8, 4) is 16.5 Å². The first-order chi connectivity index (χ1) is 15.1. The fourth-order valence-electron chi connectivity index (χ4n) is 4.26. The number of likely N-dealkylation sites (tertiary alicyclic amines) is 1. The number of esters is 1. The molecule has 1 aromatic carbocycles.